The van der Waals surface area contributed by atoms with Gasteiger partial charge in [-0.05, 0) is 57.2 Å². The van der Waals surface area contributed by atoms with Crippen LogP contribution in [-0.4, -0.2) is 52.1 Å². The first-order valence-corrected chi connectivity index (χ1v) is 11.0. The summed E-state index contributed by atoms with van der Waals surface area (Å²) in [6.07, 6.45) is 2.83. The van der Waals surface area contributed by atoms with E-state index in [1.54, 1.807) is 4.68 Å². The summed E-state index contributed by atoms with van der Waals surface area (Å²) in [6.45, 7) is 5.62. The molecule has 1 aromatic carbocycles. The molecule has 1 saturated heterocycles. The lowest BCUT2D eigenvalue weighted by atomic mass is 9.90. The number of hydrogen-bond acceptors (Lipinski definition) is 5. The molecule has 2 aromatic rings. The van der Waals surface area contributed by atoms with Gasteiger partial charge in [0.15, 0.2) is 23.5 Å². The lowest BCUT2D eigenvalue weighted by molar-refractivity contribution is -0.133. The fourth-order valence-corrected chi connectivity index (χ4v) is 4.28. The number of amides is 1. The number of para-hydroxylation sites is 1. The van der Waals surface area contributed by atoms with Crippen LogP contribution >= 0.6 is 0 Å². The fraction of sp³-hybridized carbons (Fsp3) is 0.560. The van der Waals surface area contributed by atoms with Crippen LogP contribution in [0.5, 0.6) is 5.75 Å². The van der Waals surface area contributed by atoms with Crippen molar-refractivity contribution in [1.82, 2.24) is 14.7 Å². The summed E-state index contributed by atoms with van der Waals surface area (Å²) in [4.78, 5) is 19.9. The van der Waals surface area contributed by atoms with Crippen LogP contribution in [0.4, 0.5) is 8.78 Å². The summed E-state index contributed by atoms with van der Waals surface area (Å²) in [6, 6.07) is 5.58. The normalized spacial score (nSPS) is 17.9. The molecule has 1 amide bonds. The van der Waals surface area contributed by atoms with Gasteiger partial charge >= 0.3 is 0 Å². The van der Waals surface area contributed by atoms with Crippen molar-refractivity contribution in [1.29, 1.82) is 0 Å². The van der Waals surface area contributed by atoms with E-state index >= 15 is 0 Å². The molecule has 1 fully saturated rings. The Morgan fingerprint density at radius 1 is 1.18 bits per heavy atom. The summed E-state index contributed by atoms with van der Waals surface area (Å²) < 4.78 is 34.4. The minimum Gasteiger partial charge on any atom is -0.484 e. The molecule has 1 atom stereocenters. The van der Waals surface area contributed by atoms with Crippen LogP contribution in [0, 0.1) is 31.4 Å². The smallest absolute Gasteiger partial charge is 0.244 e. The maximum atomic E-state index is 13.7. The van der Waals surface area contributed by atoms with Gasteiger partial charge in [-0.3, -0.25) is 9.48 Å². The summed E-state index contributed by atoms with van der Waals surface area (Å²) in [5, 5.41) is 8.51. The van der Waals surface area contributed by atoms with Crippen molar-refractivity contribution in [3.05, 3.63) is 47.3 Å². The molecule has 0 saturated carbocycles. The van der Waals surface area contributed by atoms with E-state index in [9.17, 15) is 13.6 Å². The van der Waals surface area contributed by atoms with E-state index in [-0.39, 0.29) is 45.8 Å². The van der Waals surface area contributed by atoms with Crippen LogP contribution in [0.15, 0.2) is 29.4 Å². The maximum absolute atomic E-state index is 13.7. The van der Waals surface area contributed by atoms with Gasteiger partial charge in [0.05, 0.1) is 11.4 Å². The summed E-state index contributed by atoms with van der Waals surface area (Å²) in [7, 11) is 0. The predicted octanol–water partition coefficient (Wildman–Crippen LogP) is 4.90. The van der Waals surface area contributed by atoms with Gasteiger partial charge in [-0.1, -0.05) is 26.1 Å². The fourth-order valence-electron chi connectivity index (χ4n) is 4.28. The van der Waals surface area contributed by atoms with Gasteiger partial charge in [-0.25, -0.2) is 8.78 Å². The highest BCUT2D eigenvalue weighted by Gasteiger charge is 2.28. The first-order valence-electron chi connectivity index (χ1n) is 11.0. The second-order valence-corrected chi connectivity index (χ2v) is 8.56. The zero-order valence-electron chi connectivity index (χ0n) is 18.4. The Hall–Kier alpha value is -2.97. The first kappa shape index (κ1) is 27.3. The average molecular weight is 479 g/mol. The van der Waals surface area contributed by atoms with Crippen molar-refractivity contribution in [2.45, 2.75) is 67.0 Å². The van der Waals surface area contributed by atoms with E-state index in [2.05, 4.69) is 10.3 Å². The number of ether oxygens (including phenoxy) is 1. The van der Waals surface area contributed by atoms with E-state index in [0.717, 1.165) is 61.6 Å². The monoisotopic (exact) mass is 478 g/mol. The Morgan fingerprint density at radius 3 is 2.47 bits per heavy atom. The second-order valence-electron chi connectivity index (χ2n) is 8.56. The van der Waals surface area contributed by atoms with Gasteiger partial charge in [0.2, 0.25) is 5.91 Å². The molecule has 7 nitrogen and oxygen atoms in total. The molecule has 4 rings (SSSR count). The Balaban J connectivity index is 0.00000204. The number of carbonyl (C=O) groups is 1. The lowest BCUT2D eigenvalue weighted by Crippen LogP contribution is -2.40. The number of hydrogen-bond donors (Lipinski definition) is 0. The standard InChI is InChI=1S/C23H28F2N4O3.2CH4/c1-15-10-16(2)29(26-15)13-22(30)28-8-6-17(7-9-28)11-18-12-19(32-27-18)14-31-23-20(24)4-3-5-21(23)25;;/h3-5,10,17,19H,6-9,11-14H2,1-2H3;2*1H4. The lowest BCUT2D eigenvalue weighted by Gasteiger charge is -2.32. The van der Waals surface area contributed by atoms with E-state index in [4.69, 9.17) is 9.57 Å². The Kier molecular flexibility index (Phi) is 9.58. The Morgan fingerprint density at radius 2 is 1.85 bits per heavy atom. The number of aromatic nitrogens is 2. The third-order valence-corrected chi connectivity index (χ3v) is 6.01. The third kappa shape index (κ3) is 6.55. The molecule has 188 valence electrons. The molecule has 0 spiro atoms. The Bertz CT molecular complexity index is 980. The van der Waals surface area contributed by atoms with Crippen molar-refractivity contribution in [3.63, 3.8) is 0 Å². The summed E-state index contributed by atoms with van der Waals surface area (Å²) >= 11 is 0. The maximum Gasteiger partial charge on any atom is 0.244 e. The number of likely N-dealkylation sites (tertiary alicyclic amines) is 1. The molecule has 34 heavy (non-hydrogen) atoms. The number of oxime groups is 1. The molecule has 3 heterocycles. The van der Waals surface area contributed by atoms with Crippen molar-refractivity contribution < 1.29 is 23.1 Å². The number of halogens is 2. The number of piperidine rings is 1. The largest absolute Gasteiger partial charge is 0.484 e. The number of rotatable bonds is 7. The van der Waals surface area contributed by atoms with Crippen LogP contribution in [-0.2, 0) is 16.2 Å². The van der Waals surface area contributed by atoms with Crippen LogP contribution in [0.25, 0.3) is 0 Å². The average Bonchev–Trinajstić information content (AvgIpc) is 3.33. The summed E-state index contributed by atoms with van der Waals surface area (Å²) in [5.41, 5.74) is 2.83. The minimum atomic E-state index is -0.733. The zero-order valence-corrected chi connectivity index (χ0v) is 18.4. The highest BCUT2D eigenvalue weighted by molar-refractivity contribution is 5.85. The van der Waals surface area contributed by atoms with E-state index in [1.165, 1.54) is 6.07 Å². The molecule has 9 heteroatoms. The van der Waals surface area contributed by atoms with Crippen LogP contribution in [0.1, 0.15) is 51.9 Å². The topological polar surface area (TPSA) is 69.0 Å². The predicted molar refractivity (Wildman–Crippen MR) is 128 cm³/mol. The van der Waals surface area contributed by atoms with E-state index in [1.807, 2.05) is 24.8 Å². The molecule has 2 aliphatic rings. The third-order valence-electron chi connectivity index (χ3n) is 6.01. The molecule has 0 N–H and O–H groups in total. The Labute approximate surface area is 200 Å². The quantitative estimate of drug-likeness (QED) is 0.568. The van der Waals surface area contributed by atoms with Gasteiger partial charge < -0.3 is 14.5 Å². The van der Waals surface area contributed by atoms with Crippen LogP contribution in [0.3, 0.4) is 0 Å². The van der Waals surface area contributed by atoms with Gasteiger partial charge in [-0.2, -0.15) is 5.10 Å². The molecule has 1 aromatic heterocycles. The van der Waals surface area contributed by atoms with Gasteiger partial charge in [0.1, 0.15) is 13.2 Å². The van der Waals surface area contributed by atoms with Gasteiger partial charge in [-0.15, -0.1) is 0 Å². The van der Waals surface area contributed by atoms with Crippen molar-refractivity contribution >= 4 is 11.6 Å². The number of aryl methyl sites for hydroxylation is 2. The van der Waals surface area contributed by atoms with E-state index in [0.29, 0.717) is 12.3 Å². The number of carbonyl (C=O) groups excluding carboxylic acids is 1. The summed E-state index contributed by atoms with van der Waals surface area (Å²) in [5.74, 6) is -1.33. The number of nitrogens with zero attached hydrogens (tertiary/aromatic N) is 4. The molecular formula is C25H36F2N4O3. The van der Waals surface area contributed by atoms with Crippen molar-refractivity contribution in [2.75, 3.05) is 19.7 Å². The first-order chi connectivity index (χ1) is 15.4. The molecular weight excluding hydrogens is 442 g/mol. The molecule has 2 aliphatic heterocycles. The number of benzene rings is 1. The van der Waals surface area contributed by atoms with Crippen molar-refractivity contribution in [2.24, 2.45) is 11.1 Å². The zero-order chi connectivity index (χ0) is 22.7. The molecule has 0 radical (unpaired) electrons. The van der Waals surface area contributed by atoms with Crippen LogP contribution in [0.2, 0.25) is 0 Å². The van der Waals surface area contributed by atoms with Gasteiger partial charge in [0.25, 0.3) is 0 Å². The van der Waals surface area contributed by atoms with Crippen molar-refractivity contribution in [3.8, 4) is 5.75 Å². The molecule has 0 bridgehead atoms. The second kappa shape index (κ2) is 11.9. The van der Waals surface area contributed by atoms with Gasteiger partial charge in [0, 0.05) is 25.2 Å². The minimum absolute atomic E-state index is 0. The van der Waals surface area contributed by atoms with Crippen LogP contribution < -0.4 is 4.74 Å². The molecule has 1 unspecified atom stereocenters. The SMILES string of the molecule is C.C.Cc1cc(C)n(CC(=O)N2CCC(CC3=NOC(COc4c(F)cccc4F)C3)CC2)n1. The van der Waals surface area contributed by atoms with E-state index < -0.39 is 11.6 Å². The highest BCUT2D eigenvalue weighted by atomic mass is 19.1. The highest BCUT2D eigenvalue weighted by Crippen LogP contribution is 2.26. The molecule has 0 aliphatic carbocycles.